The van der Waals surface area contributed by atoms with Gasteiger partial charge in [-0.2, -0.15) is 13.7 Å². The molecule has 0 bridgehead atoms. The second-order valence-electron chi connectivity index (χ2n) is 4.45. The highest BCUT2D eigenvalue weighted by molar-refractivity contribution is 8.17. The predicted octanol–water partition coefficient (Wildman–Crippen LogP) is 3.21. The zero-order valence-corrected chi connectivity index (χ0v) is 13.7. The van der Waals surface area contributed by atoms with Crippen LogP contribution in [0.5, 0.6) is 0 Å². The van der Waals surface area contributed by atoms with Crippen LogP contribution in [0.15, 0.2) is 46.5 Å². The van der Waals surface area contributed by atoms with Crippen molar-refractivity contribution in [1.82, 2.24) is 0 Å². The van der Waals surface area contributed by atoms with E-state index in [1.807, 2.05) is 31.2 Å². The van der Waals surface area contributed by atoms with Gasteiger partial charge in [-0.1, -0.05) is 41.2 Å². The topological polar surface area (TPSA) is 79.5 Å². The average molecular weight is 334 g/mol. The van der Waals surface area contributed by atoms with Crippen LogP contribution < -0.4 is 0 Å². The zero-order valence-electron chi connectivity index (χ0n) is 12.1. The van der Waals surface area contributed by atoms with Crippen molar-refractivity contribution in [2.45, 2.75) is 13.8 Å². The molecule has 1 aliphatic heterocycles. The summed E-state index contributed by atoms with van der Waals surface area (Å²) in [6, 6.07) is 9.67. The van der Waals surface area contributed by atoms with Gasteiger partial charge in [0.25, 0.3) is 0 Å². The van der Waals surface area contributed by atoms with Gasteiger partial charge in [0, 0.05) is 5.57 Å². The van der Waals surface area contributed by atoms with Crippen LogP contribution in [0, 0.1) is 18.3 Å². The molecule has 1 aromatic carbocycles. The van der Waals surface area contributed by atoms with Crippen LogP contribution in [0.1, 0.15) is 18.1 Å². The van der Waals surface area contributed by atoms with Gasteiger partial charge in [-0.05, 0) is 36.5 Å². The molecule has 0 saturated carbocycles. The highest BCUT2D eigenvalue weighted by Crippen LogP contribution is 2.32. The number of allylic oxidation sites excluding steroid dienone is 2. The fraction of sp³-hybridized carbons (Fsp3) is 0.200. The van der Waals surface area contributed by atoms with Crippen LogP contribution in [0.4, 0.5) is 0 Å². The Bertz CT molecular complexity index is 815. The minimum Gasteiger partial charge on any atom is -0.267 e. The molecule has 114 valence electrons. The van der Waals surface area contributed by atoms with Gasteiger partial charge in [0.15, 0.2) is 0 Å². The van der Waals surface area contributed by atoms with Gasteiger partial charge >= 0.3 is 10.1 Å². The van der Waals surface area contributed by atoms with E-state index in [0.717, 1.165) is 11.1 Å². The monoisotopic (exact) mass is 334 g/mol. The Labute approximate surface area is 134 Å². The summed E-state index contributed by atoms with van der Waals surface area (Å²) in [6.07, 6.45) is 1.73. The molecular weight excluding hydrogens is 320 g/mol. The molecule has 0 amide bonds. The fourth-order valence-electron chi connectivity index (χ4n) is 1.82. The number of hydrogen-bond donors (Lipinski definition) is 0. The van der Waals surface area contributed by atoms with Gasteiger partial charge in [0.2, 0.25) is 0 Å². The third-order valence-electron chi connectivity index (χ3n) is 3.03. The number of hydrogen-bond acceptors (Lipinski definition) is 6. The molecule has 0 fully saturated rings. The molecule has 0 radical (unpaired) electrons. The van der Waals surface area contributed by atoms with E-state index in [4.69, 9.17) is 0 Å². The number of thioether (sulfide) groups is 1. The summed E-state index contributed by atoms with van der Waals surface area (Å²) in [4.78, 5) is 0. The van der Waals surface area contributed by atoms with Crippen LogP contribution in [0.25, 0.3) is 5.57 Å². The lowest BCUT2D eigenvalue weighted by atomic mass is 9.97. The van der Waals surface area contributed by atoms with Crippen LogP contribution in [0.2, 0.25) is 0 Å². The van der Waals surface area contributed by atoms with Crippen LogP contribution in [0.3, 0.4) is 0 Å². The van der Waals surface area contributed by atoms with Crippen molar-refractivity contribution in [2.75, 3.05) is 5.75 Å². The number of aryl methyl sites for hydroxylation is 1. The van der Waals surface area contributed by atoms with Crippen molar-refractivity contribution in [1.29, 1.82) is 5.26 Å². The summed E-state index contributed by atoms with van der Waals surface area (Å²) in [6.45, 7) is 3.38. The second-order valence-corrected chi connectivity index (χ2v) is 7.19. The molecular formula is C15H14N2O3S2. The van der Waals surface area contributed by atoms with Crippen LogP contribution in [-0.4, -0.2) is 19.2 Å². The number of rotatable bonds is 4. The minimum absolute atomic E-state index is 0.163. The van der Waals surface area contributed by atoms with E-state index in [-0.39, 0.29) is 5.75 Å². The van der Waals surface area contributed by atoms with E-state index >= 15 is 0 Å². The quantitative estimate of drug-likeness (QED) is 0.624. The third kappa shape index (κ3) is 3.59. The summed E-state index contributed by atoms with van der Waals surface area (Å²) in [5, 5.41) is 15.3. The van der Waals surface area contributed by atoms with Gasteiger partial charge in [-0.25, -0.2) is 0 Å². The summed E-state index contributed by atoms with van der Waals surface area (Å²) in [5.41, 5.74) is 2.75. The van der Waals surface area contributed by atoms with Gasteiger partial charge in [-0.3, -0.25) is 4.28 Å². The lowest BCUT2D eigenvalue weighted by Gasteiger charge is -2.07. The van der Waals surface area contributed by atoms with Gasteiger partial charge < -0.3 is 0 Å². The largest absolute Gasteiger partial charge is 0.328 e. The van der Waals surface area contributed by atoms with Gasteiger partial charge in [0.1, 0.15) is 11.1 Å². The normalized spacial score (nSPS) is 18.3. The molecule has 7 heteroatoms. The first-order valence-electron chi connectivity index (χ1n) is 6.51. The Morgan fingerprint density at radius 3 is 2.77 bits per heavy atom. The first kappa shape index (κ1) is 16.3. The Hall–Kier alpha value is -2.04. The maximum absolute atomic E-state index is 11.4. The standard InChI is InChI=1S/C15H14N2O3S2/c1-3-22(18,19)20-17-15-13(8-9-21-15)14(10-16)12-7-5-4-6-11(12)2/h4-9H,3H2,1-2H3/b14-13-,17-15?. The second kappa shape index (κ2) is 6.81. The number of nitriles is 1. The minimum atomic E-state index is -3.67. The van der Waals surface area contributed by atoms with Crippen molar-refractivity contribution in [3.8, 4) is 6.07 Å². The molecule has 1 aliphatic rings. The zero-order chi connectivity index (χ0) is 16.2. The van der Waals surface area contributed by atoms with Crippen molar-refractivity contribution in [3.05, 3.63) is 52.4 Å². The lowest BCUT2D eigenvalue weighted by Crippen LogP contribution is -2.06. The lowest BCUT2D eigenvalue weighted by molar-refractivity contribution is 0.341. The van der Waals surface area contributed by atoms with E-state index in [9.17, 15) is 13.7 Å². The van der Waals surface area contributed by atoms with Crippen molar-refractivity contribution in [3.63, 3.8) is 0 Å². The van der Waals surface area contributed by atoms with E-state index in [2.05, 4.69) is 15.5 Å². The molecule has 2 rings (SSSR count). The molecule has 0 aromatic heterocycles. The summed E-state index contributed by atoms with van der Waals surface area (Å²) >= 11 is 1.22. The Morgan fingerprint density at radius 2 is 2.14 bits per heavy atom. The summed E-state index contributed by atoms with van der Waals surface area (Å²) in [7, 11) is -3.67. The number of oxime groups is 1. The smallest absolute Gasteiger partial charge is 0.267 e. The van der Waals surface area contributed by atoms with Crippen LogP contribution in [-0.2, 0) is 14.4 Å². The molecule has 0 spiro atoms. The highest BCUT2D eigenvalue weighted by Gasteiger charge is 2.20. The van der Waals surface area contributed by atoms with Crippen LogP contribution >= 0.6 is 11.8 Å². The summed E-state index contributed by atoms with van der Waals surface area (Å²) < 4.78 is 27.4. The highest BCUT2D eigenvalue weighted by atomic mass is 32.2. The first-order chi connectivity index (χ1) is 10.5. The Balaban J connectivity index is 2.47. The molecule has 1 aromatic rings. The summed E-state index contributed by atoms with van der Waals surface area (Å²) in [5.74, 6) is -0.163. The van der Waals surface area contributed by atoms with E-state index < -0.39 is 10.1 Å². The van der Waals surface area contributed by atoms with Gasteiger partial charge in [0.05, 0.1) is 11.3 Å². The Morgan fingerprint density at radius 1 is 1.41 bits per heavy atom. The third-order valence-corrected chi connectivity index (χ3v) is 4.83. The average Bonchev–Trinajstić information content (AvgIpc) is 2.96. The van der Waals surface area contributed by atoms with Crippen molar-refractivity contribution < 1.29 is 12.7 Å². The molecule has 0 unspecified atom stereocenters. The van der Waals surface area contributed by atoms with Crippen molar-refractivity contribution in [2.24, 2.45) is 5.16 Å². The van der Waals surface area contributed by atoms with Gasteiger partial charge in [-0.15, -0.1) is 0 Å². The molecule has 0 N–H and O–H groups in total. The molecule has 1 heterocycles. The molecule has 5 nitrogen and oxygen atoms in total. The maximum Gasteiger partial charge on any atom is 0.328 e. The Kier molecular flexibility index (Phi) is 5.06. The van der Waals surface area contributed by atoms with E-state index in [0.29, 0.717) is 16.2 Å². The predicted molar refractivity (Wildman–Crippen MR) is 88.4 cm³/mol. The molecule has 22 heavy (non-hydrogen) atoms. The van der Waals surface area contributed by atoms with E-state index in [1.54, 1.807) is 11.5 Å². The number of benzene rings is 1. The number of nitrogens with zero attached hydrogens (tertiary/aromatic N) is 2. The molecule has 0 saturated heterocycles. The SMILES string of the molecule is CCS(=O)(=O)ON=C1SC=C/C1=C(\C#N)c1ccccc1C. The maximum atomic E-state index is 11.4. The first-order valence-corrected chi connectivity index (χ1v) is 8.97. The van der Waals surface area contributed by atoms with E-state index in [1.165, 1.54) is 18.7 Å². The fourth-order valence-corrected chi connectivity index (χ4v) is 2.88. The molecule has 0 aliphatic carbocycles. The van der Waals surface area contributed by atoms with Crippen molar-refractivity contribution >= 4 is 32.5 Å². The molecule has 0 atom stereocenters.